The topological polar surface area (TPSA) is 15.3 Å². The third-order valence-electron chi connectivity index (χ3n) is 3.50. The summed E-state index contributed by atoms with van der Waals surface area (Å²) in [4.78, 5) is 2.58. The molecule has 88 valence electrons. The number of anilines is 1. The molecule has 2 nitrogen and oxygen atoms in total. The molecule has 0 bridgehead atoms. The van der Waals surface area contributed by atoms with Crippen LogP contribution in [0.25, 0.3) is 0 Å². The summed E-state index contributed by atoms with van der Waals surface area (Å²) in [6.45, 7) is 4.56. The Labute approximate surface area is 98.7 Å². The first-order valence-electron chi connectivity index (χ1n) is 6.36. The Kier molecular flexibility index (Phi) is 3.83. The predicted octanol–water partition coefficient (Wildman–Crippen LogP) is 2.44. The zero-order valence-corrected chi connectivity index (χ0v) is 10.4. The number of hydrogen-bond acceptors (Lipinski definition) is 2. The van der Waals surface area contributed by atoms with Crippen molar-refractivity contribution in [3.8, 4) is 0 Å². The fourth-order valence-electron chi connectivity index (χ4n) is 2.65. The van der Waals surface area contributed by atoms with Crippen LogP contribution >= 0.6 is 0 Å². The average molecular weight is 218 g/mol. The van der Waals surface area contributed by atoms with Crippen LogP contribution in [0, 0.1) is 0 Å². The molecule has 0 spiro atoms. The van der Waals surface area contributed by atoms with Crippen molar-refractivity contribution < 1.29 is 0 Å². The molecule has 16 heavy (non-hydrogen) atoms. The van der Waals surface area contributed by atoms with Crippen LogP contribution in [0.1, 0.15) is 25.3 Å². The second-order valence-electron chi connectivity index (χ2n) is 4.55. The van der Waals surface area contributed by atoms with E-state index in [9.17, 15) is 0 Å². The highest BCUT2D eigenvalue weighted by Gasteiger charge is 2.21. The van der Waals surface area contributed by atoms with Crippen LogP contribution in [0.2, 0.25) is 0 Å². The minimum Gasteiger partial charge on any atom is -0.367 e. The molecule has 0 saturated heterocycles. The first-order chi connectivity index (χ1) is 7.86. The molecule has 0 saturated carbocycles. The Morgan fingerprint density at radius 3 is 2.94 bits per heavy atom. The van der Waals surface area contributed by atoms with Crippen LogP contribution in [-0.4, -0.2) is 26.2 Å². The molecule has 1 N–H and O–H groups in total. The summed E-state index contributed by atoms with van der Waals surface area (Å²) in [6.07, 6.45) is 3.73. The molecule has 2 heteroatoms. The molecule has 0 radical (unpaired) electrons. The third kappa shape index (κ3) is 2.22. The molecule has 0 amide bonds. The van der Waals surface area contributed by atoms with E-state index in [4.69, 9.17) is 0 Å². The van der Waals surface area contributed by atoms with Gasteiger partial charge in [-0.1, -0.05) is 25.1 Å². The number of para-hydroxylation sites is 1. The van der Waals surface area contributed by atoms with Gasteiger partial charge >= 0.3 is 0 Å². The molecule has 1 aliphatic rings. The summed E-state index contributed by atoms with van der Waals surface area (Å²) >= 11 is 0. The lowest BCUT2D eigenvalue weighted by Crippen LogP contribution is -2.44. The summed E-state index contributed by atoms with van der Waals surface area (Å²) in [5, 5.41) is 3.31. The van der Waals surface area contributed by atoms with E-state index in [1.54, 1.807) is 0 Å². The van der Waals surface area contributed by atoms with Crippen LogP contribution in [0.5, 0.6) is 0 Å². The molecule has 1 heterocycles. The standard InChI is InChI=1S/C14H22N2/c1-3-13(11-15-2)16-10-6-8-12-7-4-5-9-14(12)16/h4-5,7,9,13,15H,3,6,8,10-11H2,1-2H3. The number of likely N-dealkylation sites (N-methyl/N-ethyl adjacent to an activating group) is 1. The number of aryl methyl sites for hydroxylation is 1. The summed E-state index contributed by atoms with van der Waals surface area (Å²) < 4.78 is 0. The van der Waals surface area contributed by atoms with Crippen molar-refractivity contribution in [1.82, 2.24) is 5.32 Å². The maximum Gasteiger partial charge on any atom is 0.0411 e. The number of rotatable bonds is 4. The second kappa shape index (κ2) is 5.35. The Hall–Kier alpha value is -1.02. The highest BCUT2D eigenvalue weighted by Crippen LogP contribution is 2.28. The second-order valence-corrected chi connectivity index (χ2v) is 4.55. The quantitative estimate of drug-likeness (QED) is 0.835. The Morgan fingerprint density at radius 2 is 2.19 bits per heavy atom. The highest BCUT2D eigenvalue weighted by molar-refractivity contribution is 5.56. The van der Waals surface area contributed by atoms with Crippen LogP contribution in [0.15, 0.2) is 24.3 Å². The van der Waals surface area contributed by atoms with E-state index in [0.29, 0.717) is 6.04 Å². The highest BCUT2D eigenvalue weighted by atomic mass is 15.2. The van der Waals surface area contributed by atoms with E-state index in [1.807, 2.05) is 7.05 Å². The lowest BCUT2D eigenvalue weighted by atomic mass is 9.99. The van der Waals surface area contributed by atoms with E-state index in [0.717, 1.165) is 6.54 Å². The SMILES string of the molecule is CCC(CNC)N1CCCc2ccccc21. The van der Waals surface area contributed by atoms with E-state index in [1.165, 1.54) is 37.1 Å². The van der Waals surface area contributed by atoms with Gasteiger partial charge in [0.15, 0.2) is 0 Å². The third-order valence-corrected chi connectivity index (χ3v) is 3.50. The van der Waals surface area contributed by atoms with Crippen molar-refractivity contribution in [2.75, 3.05) is 25.0 Å². The van der Waals surface area contributed by atoms with E-state index in [-0.39, 0.29) is 0 Å². The predicted molar refractivity (Wildman–Crippen MR) is 70.1 cm³/mol. The molecule has 1 aromatic carbocycles. The van der Waals surface area contributed by atoms with Crippen LogP contribution in [-0.2, 0) is 6.42 Å². The van der Waals surface area contributed by atoms with Gasteiger partial charge in [0, 0.05) is 24.8 Å². The van der Waals surface area contributed by atoms with Crippen molar-refractivity contribution in [3.05, 3.63) is 29.8 Å². The molecule has 1 atom stereocenters. The van der Waals surface area contributed by atoms with Gasteiger partial charge < -0.3 is 10.2 Å². The number of fused-ring (bicyclic) bond motifs is 1. The monoisotopic (exact) mass is 218 g/mol. The molecule has 2 rings (SSSR count). The minimum absolute atomic E-state index is 0.631. The Morgan fingerprint density at radius 1 is 1.38 bits per heavy atom. The fourth-order valence-corrected chi connectivity index (χ4v) is 2.65. The zero-order valence-electron chi connectivity index (χ0n) is 10.4. The minimum atomic E-state index is 0.631. The number of benzene rings is 1. The van der Waals surface area contributed by atoms with Gasteiger partial charge in [0.05, 0.1) is 0 Å². The molecular weight excluding hydrogens is 196 g/mol. The van der Waals surface area contributed by atoms with Crippen molar-refractivity contribution in [2.45, 2.75) is 32.2 Å². The average Bonchev–Trinajstić information content (AvgIpc) is 2.35. The van der Waals surface area contributed by atoms with Gasteiger partial charge in [-0.15, -0.1) is 0 Å². The summed E-state index contributed by atoms with van der Waals surface area (Å²) in [7, 11) is 2.04. The smallest absolute Gasteiger partial charge is 0.0411 e. The number of hydrogen-bond donors (Lipinski definition) is 1. The van der Waals surface area contributed by atoms with Gasteiger partial charge in [0.1, 0.15) is 0 Å². The molecule has 0 aromatic heterocycles. The first kappa shape index (κ1) is 11.5. The van der Waals surface area contributed by atoms with E-state index >= 15 is 0 Å². The number of nitrogens with one attached hydrogen (secondary N) is 1. The van der Waals surface area contributed by atoms with Crippen LogP contribution < -0.4 is 10.2 Å². The van der Waals surface area contributed by atoms with Crippen molar-refractivity contribution in [2.24, 2.45) is 0 Å². The number of nitrogens with zero attached hydrogens (tertiary/aromatic N) is 1. The van der Waals surface area contributed by atoms with E-state index < -0.39 is 0 Å². The van der Waals surface area contributed by atoms with Crippen LogP contribution in [0.4, 0.5) is 5.69 Å². The Bertz CT molecular complexity index is 335. The van der Waals surface area contributed by atoms with Gasteiger partial charge in [-0.3, -0.25) is 0 Å². The van der Waals surface area contributed by atoms with Gasteiger partial charge in [-0.25, -0.2) is 0 Å². The van der Waals surface area contributed by atoms with Gasteiger partial charge in [0.25, 0.3) is 0 Å². The first-order valence-corrected chi connectivity index (χ1v) is 6.36. The normalized spacial score (nSPS) is 17.0. The zero-order chi connectivity index (χ0) is 11.4. The van der Waals surface area contributed by atoms with Gasteiger partial charge in [-0.05, 0) is 37.9 Å². The largest absolute Gasteiger partial charge is 0.367 e. The summed E-state index contributed by atoms with van der Waals surface area (Å²) in [5.74, 6) is 0. The molecule has 1 unspecified atom stereocenters. The van der Waals surface area contributed by atoms with Crippen molar-refractivity contribution in [1.29, 1.82) is 0 Å². The summed E-state index contributed by atoms with van der Waals surface area (Å²) in [6, 6.07) is 9.48. The fraction of sp³-hybridized carbons (Fsp3) is 0.571. The molecule has 0 fully saturated rings. The molecule has 1 aliphatic heterocycles. The maximum atomic E-state index is 3.31. The lowest BCUT2D eigenvalue weighted by Gasteiger charge is -2.37. The Balaban J connectivity index is 2.23. The van der Waals surface area contributed by atoms with E-state index in [2.05, 4.69) is 41.4 Å². The maximum absolute atomic E-state index is 3.31. The van der Waals surface area contributed by atoms with Crippen LogP contribution in [0.3, 0.4) is 0 Å². The molecule has 0 aliphatic carbocycles. The lowest BCUT2D eigenvalue weighted by molar-refractivity contribution is 0.523. The van der Waals surface area contributed by atoms with Gasteiger partial charge in [0.2, 0.25) is 0 Å². The van der Waals surface area contributed by atoms with Crippen molar-refractivity contribution >= 4 is 5.69 Å². The summed E-state index contributed by atoms with van der Waals surface area (Å²) in [5.41, 5.74) is 2.97. The van der Waals surface area contributed by atoms with Gasteiger partial charge in [-0.2, -0.15) is 0 Å². The van der Waals surface area contributed by atoms with Crippen molar-refractivity contribution in [3.63, 3.8) is 0 Å². The molecular formula is C14H22N2. The molecule has 1 aromatic rings.